The van der Waals surface area contributed by atoms with Crippen LogP contribution in [0.15, 0.2) is 48.5 Å². The average Bonchev–Trinajstić information content (AvgIpc) is 2.65. The minimum absolute atomic E-state index is 0.0507. The van der Waals surface area contributed by atoms with Crippen molar-refractivity contribution in [1.29, 1.82) is 0 Å². The summed E-state index contributed by atoms with van der Waals surface area (Å²) < 4.78 is 23.7. The molecule has 0 aromatic heterocycles. The maximum Gasteiger partial charge on any atom is 0.407 e. The van der Waals surface area contributed by atoms with Crippen LogP contribution in [-0.4, -0.2) is 37.6 Å². The fraction of sp³-hybridized carbons (Fsp3) is 0.435. The summed E-state index contributed by atoms with van der Waals surface area (Å²) in [5.74, 6) is 0.817. The number of alkyl carbamates (subject to hydrolysis) is 1. The highest BCUT2D eigenvalue weighted by atomic mass is 31.2. The van der Waals surface area contributed by atoms with Crippen molar-refractivity contribution in [3.63, 3.8) is 0 Å². The molecule has 2 aromatic rings. The van der Waals surface area contributed by atoms with Crippen LogP contribution in [0.5, 0.6) is 5.75 Å². The Morgan fingerprint density at radius 2 is 1.50 bits per heavy atom. The lowest BCUT2D eigenvalue weighted by atomic mass is 9.88. The fourth-order valence-electron chi connectivity index (χ4n) is 3.46. The average molecular weight is 430 g/mol. The number of hydrogen-bond donors (Lipinski definition) is 2. The van der Waals surface area contributed by atoms with E-state index >= 15 is 0 Å². The van der Waals surface area contributed by atoms with Crippen LogP contribution in [0, 0.1) is 0 Å². The lowest BCUT2D eigenvalue weighted by Crippen LogP contribution is -2.52. The molecule has 7 heteroatoms. The number of benzene rings is 2. The Kier molecular flexibility index (Phi) is 6.59. The van der Waals surface area contributed by atoms with Crippen molar-refractivity contribution in [3.05, 3.63) is 48.5 Å². The van der Waals surface area contributed by atoms with Crippen molar-refractivity contribution in [1.82, 2.24) is 10.4 Å². The summed E-state index contributed by atoms with van der Waals surface area (Å²) in [7, 11) is -1.05. The van der Waals surface area contributed by atoms with Crippen molar-refractivity contribution in [2.24, 2.45) is 0 Å². The lowest BCUT2D eigenvalue weighted by Gasteiger charge is -2.38. The molecule has 30 heavy (non-hydrogen) atoms. The molecule has 0 bridgehead atoms. The summed E-state index contributed by atoms with van der Waals surface area (Å²) in [6.07, 6.45) is 1.07. The molecule has 1 fully saturated rings. The number of methoxy groups -OCH3 is 1. The molecule has 0 saturated heterocycles. The van der Waals surface area contributed by atoms with Gasteiger partial charge in [0.15, 0.2) is 7.29 Å². The molecular formula is C23H31N2O4P. The monoisotopic (exact) mass is 430 g/mol. The molecule has 1 unspecified atom stereocenters. The summed E-state index contributed by atoms with van der Waals surface area (Å²) in [5.41, 5.74) is 1.63. The van der Waals surface area contributed by atoms with E-state index in [0.29, 0.717) is 0 Å². The Bertz CT molecular complexity index is 914. The number of carbonyl (C=O) groups is 1. The van der Waals surface area contributed by atoms with Gasteiger partial charge in [-0.05, 0) is 69.0 Å². The predicted molar refractivity (Wildman–Crippen MR) is 121 cm³/mol. The van der Waals surface area contributed by atoms with Crippen molar-refractivity contribution in [2.45, 2.75) is 51.3 Å². The van der Waals surface area contributed by atoms with Crippen LogP contribution >= 0.6 is 7.29 Å². The number of amides is 1. The van der Waals surface area contributed by atoms with Gasteiger partial charge in [0.25, 0.3) is 0 Å². The van der Waals surface area contributed by atoms with Crippen LogP contribution in [0.2, 0.25) is 0 Å². The Morgan fingerprint density at radius 3 is 2.00 bits per heavy atom. The van der Waals surface area contributed by atoms with Gasteiger partial charge in [-0.25, -0.2) is 4.79 Å². The Labute approximate surface area is 178 Å². The van der Waals surface area contributed by atoms with Crippen LogP contribution in [0.3, 0.4) is 0 Å². The highest BCUT2D eigenvalue weighted by molar-refractivity contribution is 7.69. The molecule has 2 N–H and O–H groups in total. The van der Waals surface area contributed by atoms with Crippen LogP contribution < -0.4 is 20.4 Å². The number of nitrogens with one attached hydrogen (secondary N) is 2. The van der Waals surface area contributed by atoms with Gasteiger partial charge in [0, 0.05) is 24.1 Å². The zero-order valence-electron chi connectivity index (χ0n) is 18.3. The molecule has 1 amide bonds. The second-order valence-electron chi connectivity index (χ2n) is 8.84. The van der Waals surface area contributed by atoms with E-state index in [1.54, 1.807) is 13.8 Å². The van der Waals surface area contributed by atoms with Crippen molar-refractivity contribution in [3.8, 4) is 16.9 Å². The van der Waals surface area contributed by atoms with Gasteiger partial charge in [0.1, 0.15) is 11.4 Å². The summed E-state index contributed by atoms with van der Waals surface area (Å²) in [6.45, 7) is 7.27. The Balaban J connectivity index is 1.54. The molecule has 3 rings (SSSR count). The first kappa shape index (κ1) is 22.4. The first-order chi connectivity index (χ1) is 14.1. The van der Waals surface area contributed by atoms with E-state index in [9.17, 15) is 9.36 Å². The summed E-state index contributed by atoms with van der Waals surface area (Å²) in [4.78, 5) is 11.8. The third kappa shape index (κ3) is 5.87. The van der Waals surface area contributed by atoms with Crippen molar-refractivity contribution >= 4 is 18.7 Å². The third-order valence-electron chi connectivity index (χ3n) is 5.07. The third-order valence-corrected chi connectivity index (χ3v) is 7.21. The first-order valence-electron chi connectivity index (χ1n) is 10.2. The summed E-state index contributed by atoms with van der Waals surface area (Å²) in [5, 5.41) is 6.94. The fourth-order valence-corrected chi connectivity index (χ4v) is 5.23. The van der Waals surface area contributed by atoms with Crippen molar-refractivity contribution in [2.75, 3.05) is 13.8 Å². The van der Waals surface area contributed by atoms with Crippen LogP contribution in [0.1, 0.15) is 33.6 Å². The van der Waals surface area contributed by atoms with E-state index in [-0.39, 0.29) is 12.1 Å². The highest BCUT2D eigenvalue weighted by Gasteiger charge is 2.35. The first-order valence-corrected chi connectivity index (χ1v) is 12.3. The van der Waals surface area contributed by atoms with Crippen molar-refractivity contribution < 1.29 is 18.8 Å². The lowest BCUT2D eigenvalue weighted by molar-refractivity contribution is 0.0470. The maximum absolute atomic E-state index is 13.2. The molecule has 0 heterocycles. The predicted octanol–water partition coefficient (Wildman–Crippen LogP) is 4.54. The number of carbonyl (C=O) groups excluding carboxylic acids is 1. The molecule has 0 spiro atoms. The molecular weight excluding hydrogens is 399 g/mol. The van der Waals surface area contributed by atoms with Crippen LogP contribution in [-0.2, 0) is 9.30 Å². The van der Waals surface area contributed by atoms with Gasteiger partial charge in [-0.2, -0.15) is 0 Å². The van der Waals surface area contributed by atoms with Gasteiger partial charge >= 0.3 is 6.09 Å². The van der Waals surface area contributed by atoms with E-state index in [2.05, 4.69) is 10.4 Å². The minimum atomic E-state index is -2.70. The second kappa shape index (κ2) is 8.83. The van der Waals surface area contributed by atoms with Gasteiger partial charge in [-0.1, -0.05) is 24.3 Å². The van der Waals surface area contributed by atoms with Crippen LogP contribution in [0.4, 0.5) is 4.79 Å². The highest BCUT2D eigenvalue weighted by Crippen LogP contribution is 2.39. The van der Waals surface area contributed by atoms with E-state index < -0.39 is 19.0 Å². The molecule has 0 aliphatic heterocycles. The molecule has 6 nitrogen and oxygen atoms in total. The standard InChI is InChI=1S/C23H31N2O4P/c1-23(2,3)29-22(26)24-18-14-19(15-18)25-30(5,27)21-12-8-17(9-13-21)16-6-10-20(28-4)11-7-16/h6-13,18-19H,14-15H2,1-5H3,(H,24,26)(H,25,27). The summed E-state index contributed by atoms with van der Waals surface area (Å²) in [6, 6.07) is 15.8. The van der Waals surface area contributed by atoms with Gasteiger partial charge in [0.2, 0.25) is 0 Å². The largest absolute Gasteiger partial charge is 0.497 e. The van der Waals surface area contributed by atoms with E-state index in [1.165, 1.54) is 0 Å². The zero-order chi connectivity index (χ0) is 21.9. The molecule has 1 aliphatic carbocycles. The molecule has 2 aromatic carbocycles. The SMILES string of the molecule is COc1ccc(-c2ccc(P(C)(=O)NC3CC(NC(=O)OC(C)(C)C)C3)cc2)cc1. The quantitative estimate of drug-likeness (QED) is 0.658. The van der Waals surface area contributed by atoms with Gasteiger partial charge in [-0.3, -0.25) is 5.09 Å². The molecule has 1 saturated carbocycles. The number of rotatable bonds is 6. The van der Waals surface area contributed by atoms with E-state index in [0.717, 1.165) is 35.0 Å². The van der Waals surface area contributed by atoms with E-state index in [4.69, 9.17) is 9.47 Å². The minimum Gasteiger partial charge on any atom is -0.497 e. The molecule has 0 radical (unpaired) electrons. The Hall–Kier alpha value is -2.30. The Morgan fingerprint density at radius 1 is 0.967 bits per heavy atom. The van der Waals surface area contributed by atoms with Gasteiger partial charge < -0.3 is 19.4 Å². The van der Waals surface area contributed by atoms with Gasteiger partial charge in [0.05, 0.1) is 7.11 Å². The summed E-state index contributed by atoms with van der Waals surface area (Å²) >= 11 is 0. The van der Waals surface area contributed by atoms with Gasteiger partial charge in [-0.15, -0.1) is 0 Å². The zero-order valence-corrected chi connectivity index (χ0v) is 19.2. The molecule has 162 valence electrons. The number of hydrogen-bond acceptors (Lipinski definition) is 4. The number of ether oxygens (including phenoxy) is 2. The normalized spacial score (nSPS) is 20.6. The molecule has 1 aliphatic rings. The second-order valence-corrected chi connectivity index (χ2v) is 11.5. The smallest absolute Gasteiger partial charge is 0.407 e. The topological polar surface area (TPSA) is 76.7 Å². The maximum atomic E-state index is 13.2. The molecule has 1 atom stereocenters. The van der Waals surface area contributed by atoms with Crippen LogP contribution in [0.25, 0.3) is 11.1 Å². The van der Waals surface area contributed by atoms with E-state index in [1.807, 2.05) is 69.3 Å².